The molecule has 0 unspecified atom stereocenters. The number of non-ortho nitro benzene ring substituents is 1. The standard InChI is InChI=1S/C25H15BrN2O6/c26-18-7-4-15(5-8-18)6-10-22(29)16-2-1-3-19(12-16)27-24(30)21-14-17-13-20(28(32)33)9-11-23(17)34-25(21)31/h1-14H,(H,27,30). The fourth-order valence-electron chi connectivity index (χ4n) is 3.17. The molecule has 9 heteroatoms. The van der Waals surface area contributed by atoms with Crippen molar-refractivity contribution >= 4 is 56.0 Å². The molecule has 0 aliphatic carbocycles. The van der Waals surface area contributed by atoms with Crippen LogP contribution in [0.3, 0.4) is 0 Å². The Morgan fingerprint density at radius 3 is 2.50 bits per heavy atom. The summed E-state index contributed by atoms with van der Waals surface area (Å²) in [4.78, 5) is 47.9. The average molecular weight is 519 g/mol. The molecular formula is C25H15BrN2O6. The zero-order valence-electron chi connectivity index (χ0n) is 17.4. The van der Waals surface area contributed by atoms with Crippen molar-refractivity contribution in [2.75, 3.05) is 5.32 Å². The number of hydrogen-bond acceptors (Lipinski definition) is 6. The van der Waals surface area contributed by atoms with Crippen LogP contribution in [0.25, 0.3) is 17.0 Å². The highest BCUT2D eigenvalue weighted by molar-refractivity contribution is 9.10. The van der Waals surface area contributed by atoms with Crippen LogP contribution in [0.15, 0.2) is 92.6 Å². The third-order valence-corrected chi connectivity index (χ3v) is 5.40. The second kappa shape index (κ2) is 9.63. The number of allylic oxidation sites excluding steroid dienone is 1. The Kier molecular flexibility index (Phi) is 6.46. The lowest BCUT2D eigenvalue weighted by Crippen LogP contribution is -2.20. The van der Waals surface area contributed by atoms with Gasteiger partial charge in [-0.1, -0.05) is 46.3 Å². The van der Waals surface area contributed by atoms with Gasteiger partial charge in [0.25, 0.3) is 11.6 Å². The van der Waals surface area contributed by atoms with Gasteiger partial charge in [0.05, 0.1) is 4.92 Å². The highest BCUT2D eigenvalue weighted by atomic mass is 79.9. The summed E-state index contributed by atoms with van der Waals surface area (Å²) in [5.74, 6) is -1.03. The van der Waals surface area contributed by atoms with Crippen LogP contribution in [0.2, 0.25) is 0 Å². The zero-order valence-corrected chi connectivity index (χ0v) is 18.9. The van der Waals surface area contributed by atoms with Gasteiger partial charge in [-0.15, -0.1) is 0 Å². The van der Waals surface area contributed by atoms with Crippen molar-refractivity contribution in [3.05, 3.63) is 121 Å². The van der Waals surface area contributed by atoms with Crippen LogP contribution in [-0.2, 0) is 0 Å². The maximum atomic E-state index is 12.7. The summed E-state index contributed by atoms with van der Waals surface area (Å²) >= 11 is 3.35. The minimum atomic E-state index is -0.886. The number of carbonyl (C=O) groups is 2. The molecule has 0 saturated heterocycles. The van der Waals surface area contributed by atoms with Gasteiger partial charge in [-0.25, -0.2) is 4.79 Å². The molecule has 0 bridgehead atoms. The second-order valence-corrected chi connectivity index (χ2v) is 8.13. The summed E-state index contributed by atoms with van der Waals surface area (Å²) in [6.07, 6.45) is 3.11. The number of rotatable bonds is 6. The molecule has 8 nitrogen and oxygen atoms in total. The fourth-order valence-corrected chi connectivity index (χ4v) is 3.44. The fraction of sp³-hybridized carbons (Fsp3) is 0. The Balaban J connectivity index is 1.55. The molecule has 1 aromatic heterocycles. The Labute approximate surface area is 200 Å². The molecule has 4 aromatic rings. The lowest BCUT2D eigenvalue weighted by molar-refractivity contribution is -0.384. The molecule has 0 saturated carbocycles. The van der Waals surface area contributed by atoms with Gasteiger partial charge in [-0.05, 0) is 48.0 Å². The van der Waals surface area contributed by atoms with Crippen LogP contribution in [0.4, 0.5) is 11.4 Å². The molecule has 4 rings (SSSR count). The first-order chi connectivity index (χ1) is 16.3. The smallest absolute Gasteiger partial charge is 0.349 e. The summed E-state index contributed by atoms with van der Waals surface area (Å²) in [6, 6.07) is 18.7. The molecule has 168 valence electrons. The van der Waals surface area contributed by atoms with Crippen LogP contribution >= 0.6 is 15.9 Å². The summed E-state index contributed by atoms with van der Waals surface area (Å²) in [5.41, 5.74) is 0.207. The predicted molar refractivity (Wildman–Crippen MR) is 131 cm³/mol. The summed E-state index contributed by atoms with van der Waals surface area (Å²) < 4.78 is 6.05. The molecule has 3 aromatic carbocycles. The Morgan fingerprint density at radius 1 is 1.00 bits per heavy atom. The number of amides is 1. The molecule has 0 aliphatic heterocycles. The molecule has 0 fully saturated rings. The third kappa shape index (κ3) is 5.16. The largest absolute Gasteiger partial charge is 0.422 e. The van der Waals surface area contributed by atoms with E-state index in [1.165, 1.54) is 36.4 Å². The summed E-state index contributed by atoms with van der Waals surface area (Å²) in [5, 5.41) is 13.8. The Bertz CT molecular complexity index is 1520. The molecular weight excluding hydrogens is 504 g/mol. The van der Waals surface area contributed by atoms with Crippen LogP contribution in [0.1, 0.15) is 26.3 Å². The first kappa shape index (κ1) is 22.8. The van der Waals surface area contributed by atoms with Crippen molar-refractivity contribution in [3.8, 4) is 0 Å². The van der Waals surface area contributed by atoms with E-state index in [4.69, 9.17) is 4.42 Å². The van der Waals surface area contributed by atoms with Gasteiger partial charge in [-0.3, -0.25) is 19.7 Å². The van der Waals surface area contributed by atoms with E-state index in [1.54, 1.807) is 24.3 Å². The number of carbonyl (C=O) groups excluding carboxylic acids is 2. The average Bonchev–Trinajstić information content (AvgIpc) is 2.82. The van der Waals surface area contributed by atoms with Gasteiger partial charge in [0, 0.05) is 33.2 Å². The number of anilines is 1. The quantitative estimate of drug-likeness (QED) is 0.116. The Morgan fingerprint density at radius 2 is 1.76 bits per heavy atom. The van der Waals surface area contributed by atoms with Crippen LogP contribution in [0.5, 0.6) is 0 Å². The molecule has 34 heavy (non-hydrogen) atoms. The van der Waals surface area contributed by atoms with Crippen molar-refractivity contribution in [3.63, 3.8) is 0 Å². The van der Waals surface area contributed by atoms with E-state index in [0.717, 1.165) is 10.0 Å². The van der Waals surface area contributed by atoms with E-state index >= 15 is 0 Å². The SMILES string of the molecule is O=C(C=Cc1ccc(Br)cc1)c1cccc(NC(=O)c2cc3cc([N+](=O)[O-])ccc3oc2=O)c1. The number of halogens is 1. The topological polar surface area (TPSA) is 120 Å². The normalized spacial score (nSPS) is 11.0. The van der Waals surface area contributed by atoms with E-state index in [2.05, 4.69) is 21.2 Å². The summed E-state index contributed by atoms with van der Waals surface area (Å²) in [6.45, 7) is 0. The van der Waals surface area contributed by atoms with E-state index in [9.17, 15) is 24.5 Å². The van der Waals surface area contributed by atoms with Crippen molar-refractivity contribution in [2.45, 2.75) is 0 Å². The number of fused-ring (bicyclic) bond motifs is 1. The van der Waals surface area contributed by atoms with Gasteiger partial charge >= 0.3 is 5.63 Å². The van der Waals surface area contributed by atoms with Gasteiger partial charge in [-0.2, -0.15) is 0 Å². The van der Waals surface area contributed by atoms with Crippen molar-refractivity contribution < 1.29 is 18.9 Å². The summed E-state index contributed by atoms with van der Waals surface area (Å²) in [7, 11) is 0. The molecule has 0 atom stereocenters. The Hall–Kier alpha value is -4.37. The van der Waals surface area contributed by atoms with E-state index in [0.29, 0.717) is 11.3 Å². The van der Waals surface area contributed by atoms with Crippen LogP contribution < -0.4 is 10.9 Å². The predicted octanol–water partition coefficient (Wildman–Crippen LogP) is 5.61. The second-order valence-electron chi connectivity index (χ2n) is 7.21. The highest BCUT2D eigenvalue weighted by Crippen LogP contribution is 2.21. The maximum Gasteiger partial charge on any atom is 0.349 e. The number of nitro benzene ring substituents is 1. The third-order valence-electron chi connectivity index (χ3n) is 4.87. The van der Waals surface area contributed by atoms with Gasteiger partial charge in [0.1, 0.15) is 11.1 Å². The first-order valence-corrected chi connectivity index (χ1v) is 10.7. The number of nitrogens with one attached hydrogen (secondary N) is 1. The minimum Gasteiger partial charge on any atom is -0.422 e. The molecule has 0 radical (unpaired) electrons. The van der Waals surface area contributed by atoms with E-state index < -0.39 is 16.5 Å². The number of benzene rings is 3. The van der Waals surface area contributed by atoms with Crippen molar-refractivity contribution in [2.24, 2.45) is 0 Å². The van der Waals surface area contributed by atoms with Crippen LogP contribution in [0, 0.1) is 10.1 Å². The van der Waals surface area contributed by atoms with Gasteiger partial charge < -0.3 is 9.73 Å². The molecule has 1 heterocycles. The first-order valence-electron chi connectivity index (χ1n) is 9.92. The molecule has 1 N–H and O–H groups in total. The number of hydrogen-bond donors (Lipinski definition) is 1. The zero-order chi connectivity index (χ0) is 24.2. The lowest BCUT2D eigenvalue weighted by atomic mass is 10.1. The maximum absolute atomic E-state index is 12.7. The lowest BCUT2D eigenvalue weighted by Gasteiger charge is -2.06. The molecule has 1 amide bonds. The van der Waals surface area contributed by atoms with Gasteiger partial charge in [0.15, 0.2) is 5.78 Å². The monoisotopic (exact) mass is 518 g/mol. The van der Waals surface area contributed by atoms with Gasteiger partial charge in [0.2, 0.25) is 0 Å². The van der Waals surface area contributed by atoms with E-state index in [1.807, 2.05) is 24.3 Å². The molecule has 0 spiro atoms. The number of nitro groups is 1. The van der Waals surface area contributed by atoms with Crippen LogP contribution in [-0.4, -0.2) is 16.6 Å². The number of ketones is 1. The number of nitrogens with zero attached hydrogens (tertiary/aromatic N) is 1. The van der Waals surface area contributed by atoms with Crippen molar-refractivity contribution in [1.29, 1.82) is 0 Å². The highest BCUT2D eigenvalue weighted by Gasteiger charge is 2.16. The minimum absolute atomic E-state index is 0.123. The van der Waals surface area contributed by atoms with Crippen molar-refractivity contribution in [1.82, 2.24) is 0 Å². The van der Waals surface area contributed by atoms with E-state index in [-0.39, 0.29) is 28.0 Å². The molecule has 0 aliphatic rings.